The van der Waals surface area contributed by atoms with Gasteiger partial charge in [0.2, 0.25) is 0 Å². The van der Waals surface area contributed by atoms with Crippen molar-refractivity contribution in [1.29, 1.82) is 0 Å². The number of rotatable bonds is 5. The summed E-state index contributed by atoms with van der Waals surface area (Å²) in [6, 6.07) is 20.3. The van der Waals surface area contributed by atoms with Crippen LogP contribution >= 0.6 is 45.8 Å². The van der Waals surface area contributed by atoms with E-state index >= 15 is 0 Å². The van der Waals surface area contributed by atoms with E-state index in [1.807, 2.05) is 24.3 Å². The topological polar surface area (TPSA) is 78.5 Å². The van der Waals surface area contributed by atoms with Gasteiger partial charge < -0.3 is 10.6 Å². The fourth-order valence-electron chi connectivity index (χ4n) is 3.05. The molecule has 160 valence electrons. The number of nitrogens with one attached hydrogen (secondary N) is 2. The minimum Gasteiger partial charge on any atom is -0.350 e. The Labute approximate surface area is 207 Å². The molecule has 1 aliphatic heterocycles. The fourth-order valence-corrected chi connectivity index (χ4v) is 3.80. The van der Waals surface area contributed by atoms with E-state index in [4.69, 9.17) is 23.2 Å². The van der Waals surface area contributed by atoms with E-state index in [1.165, 1.54) is 6.07 Å². The lowest BCUT2D eigenvalue weighted by atomic mass is 10.2. The first-order valence-corrected chi connectivity index (χ1v) is 11.1. The number of hydrogen-bond acceptors (Lipinski definition) is 4. The van der Waals surface area contributed by atoms with Crippen molar-refractivity contribution in [2.24, 2.45) is 0 Å². The Morgan fingerprint density at radius 1 is 0.844 bits per heavy atom. The second-order valence-electron chi connectivity index (χ2n) is 6.78. The Hall–Kier alpha value is -2.88. The van der Waals surface area contributed by atoms with Crippen LogP contribution in [-0.2, 0) is 9.59 Å². The zero-order chi connectivity index (χ0) is 22.8. The minimum atomic E-state index is -0.644. The first-order chi connectivity index (χ1) is 15.3. The van der Waals surface area contributed by atoms with Crippen LogP contribution in [0.4, 0.5) is 17.1 Å². The van der Waals surface area contributed by atoms with Crippen LogP contribution < -0.4 is 15.5 Å². The van der Waals surface area contributed by atoms with Crippen molar-refractivity contribution in [3.05, 3.63) is 97.7 Å². The first kappa shape index (κ1) is 22.3. The summed E-state index contributed by atoms with van der Waals surface area (Å²) in [6.07, 6.45) is 0. The number of imide groups is 1. The quantitative estimate of drug-likeness (QED) is 0.304. The lowest BCUT2D eigenvalue weighted by molar-refractivity contribution is -0.120. The maximum Gasteiger partial charge on any atom is 0.283 e. The van der Waals surface area contributed by atoms with E-state index in [2.05, 4.69) is 33.2 Å². The lowest BCUT2D eigenvalue weighted by Gasteiger charge is -2.15. The molecule has 0 atom stereocenters. The molecule has 3 aromatic carbocycles. The van der Waals surface area contributed by atoms with Gasteiger partial charge in [0.25, 0.3) is 17.7 Å². The molecule has 0 saturated heterocycles. The van der Waals surface area contributed by atoms with Crippen molar-refractivity contribution in [3.8, 4) is 0 Å². The zero-order valence-corrected chi connectivity index (χ0v) is 19.9. The number of amides is 3. The van der Waals surface area contributed by atoms with Crippen LogP contribution in [0.5, 0.6) is 0 Å². The molecule has 6 nitrogen and oxygen atoms in total. The normalized spacial score (nSPS) is 13.5. The van der Waals surface area contributed by atoms with Crippen molar-refractivity contribution < 1.29 is 14.4 Å². The molecule has 0 spiro atoms. The molecule has 0 aromatic heterocycles. The summed E-state index contributed by atoms with van der Waals surface area (Å²) in [5.41, 5.74) is 1.89. The lowest BCUT2D eigenvalue weighted by Crippen LogP contribution is -2.32. The van der Waals surface area contributed by atoms with Crippen molar-refractivity contribution in [3.63, 3.8) is 0 Å². The van der Waals surface area contributed by atoms with Crippen LogP contribution in [0.1, 0.15) is 10.4 Å². The van der Waals surface area contributed by atoms with Gasteiger partial charge >= 0.3 is 0 Å². The van der Waals surface area contributed by atoms with Crippen LogP contribution in [0.25, 0.3) is 0 Å². The molecule has 9 heteroatoms. The van der Waals surface area contributed by atoms with Crippen LogP contribution in [0.2, 0.25) is 5.02 Å². The van der Waals surface area contributed by atoms with E-state index in [-0.39, 0.29) is 16.6 Å². The summed E-state index contributed by atoms with van der Waals surface area (Å²) in [6.45, 7) is 0. The Bertz CT molecular complexity index is 1260. The smallest absolute Gasteiger partial charge is 0.283 e. The maximum absolute atomic E-state index is 12.8. The molecule has 4 rings (SSSR count). The van der Waals surface area contributed by atoms with Gasteiger partial charge in [-0.2, -0.15) is 0 Å². The van der Waals surface area contributed by atoms with Crippen LogP contribution in [0.15, 0.2) is 83.5 Å². The summed E-state index contributed by atoms with van der Waals surface area (Å²) >= 11 is 14.3. The SMILES string of the molecule is O=C(Nc1ccc(I)cc1)c1ccc(NC2=C(Cl)C(=O)N(c3cccc(Cl)c3)C2=O)cc1. The number of benzene rings is 3. The van der Waals surface area contributed by atoms with E-state index in [0.717, 1.165) is 8.47 Å². The highest BCUT2D eigenvalue weighted by Gasteiger charge is 2.39. The molecule has 0 bridgehead atoms. The number of anilines is 3. The monoisotopic (exact) mass is 577 g/mol. The average Bonchev–Trinajstić information content (AvgIpc) is 2.99. The average molecular weight is 578 g/mol. The molecule has 0 aliphatic carbocycles. The van der Waals surface area contributed by atoms with Gasteiger partial charge in [0, 0.05) is 25.5 Å². The van der Waals surface area contributed by atoms with Gasteiger partial charge in [-0.3, -0.25) is 14.4 Å². The van der Waals surface area contributed by atoms with Gasteiger partial charge in [-0.15, -0.1) is 0 Å². The van der Waals surface area contributed by atoms with Gasteiger partial charge in [0.05, 0.1) is 5.69 Å². The predicted octanol–water partition coefficient (Wildman–Crippen LogP) is 5.63. The highest BCUT2D eigenvalue weighted by atomic mass is 127. The molecule has 3 amide bonds. The predicted molar refractivity (Wildman–Crippen MR) is 134 cm³/mol. The molecule has 0 fully saturated rings. The van der Waals surface area contributed by atoms with E-state index in [9.17, 15) is 14.4 Å². The van der Waals surface area contributed by atoms with E-state index in [0.29, 0.717) is 27.6 Å². The summed E-state index contributed by atoms with van der Waals surface area (Å²) in [5, 5.41) is 5.86. The number of carbonyl (C=O) groups excluding carboxylic acids is 3. The molecule has 3 aromatic rings. The number of nitrogens with zero attached hydrogens (tertiary/aromatic N) is 1. The standard InChI is InChI=1S/C23H14Cl2IN3O3/c24-14-2-1-3-18(12-14)29-22(31)19(25)20(23(29)32)27-16-8-4-13(5-9-16)21(30)28-17-10-6-15(26)7-11-17/h1-12,27H,(H,28,30). The minimum absolute atomic E-state index is 0.0484. The molecule has 0 saturated carbocycles. The highest BCUT2D eigenvalue weighted by molar-refractivity contribution is 14.1. The molecule has 32 heavy (non-hydrogen) atoms. The second kappa shape index (κ2) is 9.32. The Morgan fingerprint density at radius 2 is 1.50 bits per heavy atom. The molecule has 0 unspecified atom stereocenters. The third-order valence-corrected chi connectivity index (χ3v) is 5.92. The third kappa shape index (κ3) is 4.64. The molecule has 1 heterocycles. The van der Waals surface area contributed by atoms with Crippen molar-refractivity contribution in [2.75, 3.05) is 15.5 Å². The zero-order valence-electron chi connectivity index (χ0n) is 16.2. The van der Waals surface area contributed by atoms with E-state index < -0.39 is 11.8 Å². The Kier molecular flexibility index (Phi) is 6.50. The van der Waals surface area contributed by atoms with Gasteiger partial charge in [0.1, 0.15) is 10.7 Å². The van der Waals surface area contributed by atoms with E-state index in [1.54, 1.807) is 42.5 Å². The second-order valence-corrected chi connectivity index (χ2v) is 8.84. The number of hydrogen-bond donors (Lipinski definition) is 2. The third-order valence-electron chi connectivity index (χ3n) is 4.61. The van der Waals surface area contributed by atoms with Gasteiger partial charge in [-0.25, -0.2) is 4.90 Å². The summed E-state index contributed by atoms with van der Waals surface area (Å²) < 4.78 is 1.07. The Morgan fingerprint density at radius 3 is 2.16 bits per heavy atom. The fraction of sp³-hybridized carbons (Fsp3) is 0. The first-order valence-electron chi connectivity index (χ1n) is 9.31. The van der Waals surface area contributed by atoms with Gasteiger partial charge in [0.15, 0.2) is 0 Å². The molecule has 0 radical (unpaired) electrons. The molecule has 2 N–H and O–H groups in total. The van der Waals surface area contributed by atoms with Crippen LogP contribution in [0.3, 0.4) is 0 Å². The van der Waals surface area contributed by atoms with Gasteiger partial charge in [-0.1, -0.05) is 29.3 Å². The van der Waals surface area contributed by atoms with Crippen molar-refractivity contribution >= 4 is 80.6 Å². The largest absolute Gasteiger partial charge is 0.350 e. The maximum atomic E-state index is 12.8. The van der Waals surface area contributed by atoms with Crippen molar-refractivity contribution in [2.45, 2.75) is 0 Å². The highest BCUT2D eigenvalue weighted by Crippen LogP contribution is 2.31. The number of carbonyl (C=O) groups is 3. The van der Waals surface area contributed by atoms with Crippen LogP contribution in [0, 0.1) is 3.57 Å². The molecular weight excluding hydrogens is 564 g/mol. The molecule has 1 aliphatic rings. The van der Waals surface area contributed by atoms with Crippen molar-refractivity contribution in [1.82, 2.24) is 0 Å². The molecular formula is C23H14Cl2IN3O3. The number of halogens is 3. The summed E-state index contributed by atoms with van der Waals surface area (Å²) in [4.78, 5) is 38.8. The van der Waals surface area contributed by atoms with Gasteiger partial charge in [-0.05, 0) is 89.3 Å². The van der Waals surface area contributed by atoms with Crippen LogP contribution in [-0.4, -0.2) is 17.7 Å². The summed E-state index contributed by atoms with van der Waals surface area (Å²) in [5.74, 6) is -1.51. The summed E-state index contributed by atoms with van der Waals surface area (Å²) in [7, 11) is 0. The Balaban J connectivity index is 1.48.